The number of rotatable bonds is 3. The molecule has 1 unspecified atom stereocenters. The lowest BCUT2D eigenvalue weighted by molar-refractivity contribution is 0.364. The minimum atomic E-state index is 0.404. The Morgan fingerprint density at radius 1 is 1.20 bits per heavy atom. The van der Waals surface area contributed by atoms with Crippen LogP contribution in [0.25, 0.3) is 0 Å². The molecule has 1 atom stereocenters. The van der Waals surface area contributed by atoms with Crippen LogP contribution in [0, 0.1) is 0 Å². The molecule has 1 aromatic rings. The summed E-state index contributed by atoms with van der Waals surface area (Å²) in [6.07, 6.45) is 2.29. The van der Waals surface area contributed by atoms with Gasteiger partial charge in [-0.2, -0.15) is 0 Å². The molecule has 20 heavy (non-hydrogen) atoms. The maximum atomic E-state index is 4.73. The van der Waals surface area contributed by atoms with E-state index in [2.05, 4.69) is 76.1 Å². The maximum Gasteiger partial charge on any atom is 0.0774 e. The fourth-order valence-electron chi connectivity index (χ4n) is 1.91. The number of hydrogen-bond donors (Lipinski definition) is 0. The summed E-state index contributed by atoms with van der Waals surface area (Å²) >= 11 is 1.82. The first-order chi connectivity index (χ1) is 9.38. The number of benzene rings is 1. The monoisotopic (exact) mass is 289 g/mol. The van der Waals surface area contributed by atoms with Gasteiger partial charge in [0.25, 0.3) is 0 Å². The van der Waals surface area contributed by atoms with Crippen LogP contribution in [0.2, 0.25) is 0 Å². The molecular weight excluding hydrogens is 266 g/mol. The number of hydrogen-bond acceptors (Lipinski definition) is 4. The van der Waals surface area contributed by atoms with Crippen LogP contribution in [0.15, 0.2) is 39.1 Å². The van der Waals surface area contributed by atoms with Crippen LogP contribution in [0.5, 0.6) is 0 Å². The highest BCUT2D eigenvalue weighted by Crippen LogP contribution is 2.42. The van der Waals surface area contributed by atoms with Crippen molar-refractivity contribution in [3.8, 4) is 0 Å². The van der Waals surface area contributed by atoms with Crippen LogP contribution in [0.3, 0.4) is 0 Å². The van der Waals surface area contributed by atoms with Gasteiger partial charge in [0, 0.05) is 35.6 Å². The number of fused-ring (bicyclic) bond motifs is 1. The Morgan fingerprint density at radius 2 is 1.90 bits per heavy atom. The molecule has 0 N–H and O–H groups in total. The summed E-state index contributed by atoms with van der Waals surface area (Å²) in [5.41, 5.74) is 3.40. The highest BCUT2D eigenvalue weighted by Gasteiger charge is 2.17. The smallest absolute Gasteiger partial charge is 0.0774 e. The van der Waals surface area contributed by atoms with Gasteiger partial charge in [-0.1, -0.05) is 17.8 Å². The van der Waals surface area contributed by atoms with Gasteiger partial charge in [0.2, 0.25) is 0 Å². The number of aliphatic imine (C=N–C) groups is 1. The Labute approximate surface area is 126 Å². The van der Waals surface area contributed by atoms with Gasteiger partial charge in [0.15, 0.2) is 0 Å². The Bertz CT molecular complexity index is 559. The first kappa shape index (κ1) is 15.1. The molecular formula is C16H23N3S. The summed E-state index contributed by atoms with van der Waals surface area (Å²) in [4.78, 5) is 11.5. The largest absolute Gasteiger partial charge is 0.378 e. The normalized spacial score (nSPS) is 17.9. The number of allylic oxidation sites excluding steroid dienone is 1. The van der Waals surface area contributed by atoms with Gasteiger partial charge in [-0.3, -0.25) is 4.99 Å². The quantitative estimate of drug-likeness (QED) is 0.844. The molecule has 0 radical (unpaired) electrons. The molecule has 2 rings (SSSR count). The second-order valence-corrected chi connectivity index (χ2v) is 6.66. The van der Waals surface area contributed by atoms with Gasteiger partial charge >= 0.3 is 0 Å². The predicted molar refractivity (Wildman–Crippen MR) is 90.6 cm³/mol. The molecule has 3 nitrogen and oxygen atoms in total. The Kier molecular flexibility index (Phi) is 4.55. The third-order valence-corrected chi connectivity index (χ3v) is 4.73. The topological polar surface area (TPSA) is 18.8 Å². The summed E-state index contributed by atoms with van der Waals surface area (Å²) in [5.74, 6) is 0. The standard InChI is InChI=1S/C16H23N3S/c1-11(18(3)4)9-15-12(2)17-14-8-7-13(19(5)6)10-16(14)20-15/h7-11H,1-6H3/b15-9+. The van der Waals surface area contributed by atoms with Crippen LogP contribution in [-0.4, -0.2) is 44.8 Å². The van der Waals surface area contributed by atoms with Gasteiger partial charge in [0.05, 0.1) is 11.4 Å². The molecule has 0 aromatic heterocycles. The molecule has 4 heteroatoms. The average Bonchev–Trinajstić information content (AvgIpc) is 2.38. The van der Waals surface area contributed by atoms with Gasteiger partial charge < -0.3 is 9.80 Å². The van der Waals surface area contributed by atoms with Crippen LogP contribution < -0.4 is 4.90 Å². The van der Waals surface area contributed by atoms with E-state index in [0.29, 0.717) is 6.04 Å². The lowest BCUT2D eigenvalue weighted by Gasteiger charge is -2.22. The van der Waals surface area contributed by atoms with E-state index in [1.165, 1.54) is 15.5 Å². The van der Waals surface area contributed by atoms with Crippen molar-refractivity contribution < 1.29 is 0 Å². The van der Waals surface area contributed by atoms with E-state index in [1.807, 2.05) is 11.8 Å². The van der Waals surface area contributed by atoms with Gasteiger partial charge in [0.1, 0.15) is 0 Å². The zero-order valence-corrected chi connectivity index (χ0v) is 14.0. The van der Waals surface area contributed by atoms with Crippen LogP contribution >= 0.6 is 11.8 Å². The van der Waals surface area contributed by atoms with Gasteiger partial charge in [-0.05, 0) is 46.1 Å². The number of nitrogens with zero attached hydrogens (tertiary/aromatic N) is 3. The second kappa shape index (κ2) is 6.02. The van der Waals surface area contributed by atoms with E-state index >= 15 is 0 Å². The molecule has 1 heterocycles. The van der Waals surface area contributed by atoms with Crippen molar-refractivity contribution in [2.75, 3.05) is 33.1 Å². The predicted octanol–water partition coefficient (Wildman–Crippen LogP) is 3.78. The molecule has 0 saturated carbocycles. The summed E-state index contributed by atoms with van der Waals surface area (Å²) in [7, 11) is 8.32. The van der Waals surface area contributed by atoms with Crippen molar-refractivity contribution in [3.63, 3.8) is 0 Å². The molecule has 108 valence electrons. The minimum Gasteiger partial charge on any atom is -0.378 e. The summed E-state index contributed by atoms with van der Waals surface area (Å²) in [5, 5.41) is 0. The van der Waals surface area contributed by atoms with Crippen molar-refractivity contribution in [2.45, 2.75) is 24.8 Å². The summed E-state index contributed by atoms with van der Waals surface area (Å²) in [6, 6.07) is 6.84. The van der Waals surface area contributed by atoms with Crippen LogP contribution in [-0.2, 0) is 0 Å². The van der Waals surface area contributed by atoms with Crippen molar-refractivity contribution in [1.29, 1.82) is 0 Å². The Morgan fingerprint density at radius 3 is 2.50 bits per heavy atom. The van der Waals surface area contributed by atoms with E-state index in [-0.39, 0.29) is 0 Å². The first-order valence-electron chi connectivity index (χ1n) is 6.81. The molecule has 1 aliphatic rings. The molecule has 1 aromatic carbocycles. The third-order valence-electron chi connectivity index (χ3n) is 3.53. The van der Waals surface area contributed by atoms with Crippen LogP contribution in [0.1, 0.15) is 13.8 Å². The molecule has 1 aliphatic heterocycles. The molecule has 0 amide bonds. The lowest BCUT2D eigenvalue weighted by atomic mass is 10.2. The third kappa shape index (κ3) is 3.25. The molecule has 0 fully saturated rings. The van der Waals surface area contributed by atoms with Crippen molar-refractivity contribution in [3.05, 3.63) is 29.2 Å². The van der Waals surface area contributed by atoms with Crippen LogP contribution in [0.4, 0.5) is 11.4 Å². The zero-order valence-electron chi connectivity index (χ0n) is 13.1. The Balaban J connectivity index is 2.35. The zero-order chi connectivity index (χ0) is 14.9. The summed E-state index contributed by atoms with van der Waals surface area (Å²) in [6.45, 7) is 4.29. The van der Waals surface area contributed by atoms with Gasteiger partial charge in [-0.25, -0.2) is 0 Å². The number of likely N-dealkylation sites (N-methyl/N-ethyl adjacent to an activating group) is 1. The SMILES string of the molecule is CC1=Nc2ccc(N(C)C)cc2S/C1=C/C(C)N(C)C. The van der Waals surface area contributed by atoms with E-state index in [4.69, 9.17) is 4.99 Å². The first-order valence-corrected chi connectivity index (χ1v) is 7.63. The molecule has 0 aliphatic carbocycles. The highest BCUT2D eigenvalue weighted by molar-refractivity contribution is 8.04. The van der Waals surface area contributed by atoms with Gasteiger partial charge in [-0.15, -0.1) is 0 Å². The highest BCUT2D eigenvalue weighted by atomic mass is 32.2. The van der Waals surface area contributed by atoms with Crippen molar-refractivity contribution >= 4 is 28.8 Å². The summed E-state index contributed by atoms with van der Waals surface area (Å²) < 4.78 is 0. The van der Waals surface area contributed by atoms with E-state index < -0.39 is 0 Å². The number of thioether (sulfide) groups is 1. The molecule has 0 saturated heterocycles. The van der Waals surface area contributed by atoms with E-state index in [1.54, 1.807) is 0 Å². The molecule has 0 bridgehead atoms. The fourth-order valence-corrected chi connectivity index (χ4v) is 3.00. The number of anilines is 1. The average molecular weight is 289 g/mol. The Hall–Kier alpha value is -1.26. The lowest BCUT2D eigenvalue weighted by Crippen LogP contribution is -2.23. The van der Waals surface area contributed by atoms with E-state index in [9.17, 15) is 0 Å². The van der Waals surface area contributed by atoms with Crippen molar-refractivity contribution in [1.82, 2.24) is 4.90 Å². The van der Waals surface area contributed by atoms with Crippen molar-refractivity contribution in [2.24, 2.45) is 4.99 Å². The maximum absolute atomic E-state index is 4.73. The second-order valence-electron chi connectivity index (χ2n) is 5.58. The van der Waals surface area contributed by atoms with E-state index in [0.717, 1.165) is 11.4 Å². The fraction of sp³-hybridized carbons (Fsp3) is 0.438. The molecule has 0 spiro atoms. The minimum absolute atomic E-state index is 0.404.